The highest BCUT2D eigenvalue weighted by Crippen LogP contribution is 2.22. The smallest absolute Gasteiger partial charge is 0.179 e. The lowest BCUT2D eigenvalue weighted by atomic mass is 10.1. The van der Waals surface area contributed by atoms with E-state index in [2.05, 4.69) is 9.88 Å². The first-order valence-electron chi connectivity index (χ1n) is 6.66. The first-order valence-corrected chi connectivity index (χ1v) is 6.66. The Morgan fingerprint density at radius 2 is 2.05 bits per heavy atom. The molecule has 100 valence electrons. The van der Waals surface area contributed by atoms with Gasteiger partial charge in [0.25, 0.3) is 0 Å². The van der Waals surface area contributed by atoms with Crippen LogP contribution in [0.15, 0.2) is 24.3 Å². The van der Waals surface area contributed by atoms with Crippen LogP contribution in [0.4, 0.5) is 0 Å². The number of hydrogen-bond acceptors (Lipinski definition) is 3. The van der Waals surface area contributed by atoms with Crippen LogP contribution in [0.5, 0.6) is 0 Å². The maximum Gasteiger partial charge on any atom is 0.179 e. The van der Waals surface area contributed by atoms with Crippen molar-refractivity contribution in [3.8, 4) is 0 Å². The summed E-state index contributed by atoms with van der Waals surface area (Å²) < 4.78 is 5.31. The van der Waals surface area contributed by atoms with Crippen molar-refractivity contribution in [3.05, 3.63) is 35.5 Å². The molecule has 0 radical (unpaired) electrons. The summed E-state index contributed by atoms with van der Waals surface area (Å²) in [5, 5.41) is 1.03. The van der Waals surface area contributed by atoms with Crippen molar-refractivity contribution in [3.63, 3.8) is 0 Å². The summed E-state index contributed by atoms with van der Waals surface area (Å²) in [7, 11) is 0. The molecule has 1 saturated heterocycles. The van der Waals surface area contributed by atoms with Crippen molar-refractivity contribution < 1.29 is 9.53 Å². The standard InChI is InChI=1S/C15H18N2O2/c1-11-15(12-4-2-3-5-13(12)16-11)14(18)10-17-6-8-19-9-7-17/h2-5,16H,6-10H2,1H3. The summed E-state index contributed by atoms with van der Waals surface area (Å²) in [6.45, 7) is 5.57. The minimum absolute atomic E-state index is 0.192. The molecule has 0 aliphatic carbocycles. The number of fused-ring (bicyclic) bond motifs is 1. The molecule has 0 bridgehead atoms. The summed E-state index contributed by atoms with van der Waals surface area (Å²) in [6.07, 6.45) is 0. The Balaban J connectivity index is 1.86. The summed E-state index contributed by atoms with van der Waals surface area (Å²) in [5.74, 6) is 0.192. The average Bonchev–Trinajstić information content (AvgIpc) is 2.75. The largest absolute Gasteiger partial charge is 0.379 e. The quantitative estimate of drug-likeness (QED) is 0.856. The molecule has 4 heteroatoms. The van der Waals surface area contributed by atoms with Gasteiger partial charge in [-0.2, -0.15) is 0 Å². The SMILES string of the molecule is Cc1[nH]c2ccccc2c1C(=O)CN1CCOCC1. The number of benzene rings is 1. The molecule has 4 nitrogen and oxygen atoms in total. The molecule has 2 heterocycles. The predicted octanol–water partition coefficient (Wildman–Crippen LogP) is 1.99. The molecule has 1 fully saturated rings. The van der Waals surface area contributed by atoms with Gasteiger partial charge in [0.1, 0.15) is 0 Å². The molecule has 0 amide bonds. The number of carbonyl (C=O) groups is 1. The number of ether oxygens (including phenoxy) is 1. The summed E-state index contributed by atoms with van der Waals surface area (Å²) in [4.78, 5) is 17.9. The molecule has 1 aliphatic heterocycles. The fraction of sp³-hybridized carbons (Fsp3) is 0.400. The van der Waals surface area contributed by atoms with E-state index in [-0.39, 0.29) is 5.78 Å². The number of morpholine rings is 1. The number of Topliss-reactive ketones (excluding diaryl/α,β-unsaturated/α-hetero) is 1. The second-order valence-electron chi connectivity index (χ2n) is 4.98. The average molecular weight is 258 g/mol. The number of para-hydroxylation sites is 1. The molecule has 1 N–H and O–H groups in total. The molecule has 1 aromatic heterocycles. The normalized spacial score (nSPS) is 16.9. The Labute approximate surface area is 112 Å². The van der Waals surface area contributed by atoms with Crippen molar-refractivity contribution >= 4 is 16.7 Å². The second-order valence-corrected chi connectivity index (χ2v) is 4.98. The topological polar surface area (TPSA) is 45.3 Å². The predicted molar refractivity (Wildman–Crippen MR) is 74.6 cm³/mol. The van der Waals surface area contributed by atoms with Gasteiger partial charge in [-0.15, -0.1) is 0 Å². The lowest BCUT2D eigenvalue weighted by Gasteiger charge is -2.25. The monoisotopic (exact) mass is 258 g/mol. The molecular weight excluding hydrogens is 240 g/mol. The van der Waals surface area contributed by atoms with Crippen molar-refractivity contribution in [2.45, 2.75) is 6.92 Å². The van der Waals surface area contributed by atoms with Crippen LogP contribution in [0.3, 0.4) is 0 Å². The summed E-state index contributed by atoms with van der Waals surface area (Å²) in [5.41, 5.74) is 2.83. The van der Waals surface area contributed by atoms with Gasteiger partial charge < -0.3 is 9.72 Å². The number of aryl methyl sites for hydroxylation is 1. The number of nitrogens with one attached hydrogen (secondary N) is 1. The fourth-order valence-electron chi connectivity index (χ4n) is 2.68. The van der Waals surface area contributed by atoms with Gasteiger partial charge in [0.2, 0.25) is 0 Å². The van der Waals surface area contributed by atoms with E-state index in [9.17, 15) is 4.79 Å². The number of hydrogen-bond donors (Lipinski definition) is 1. The summed E-state index contributed by atoms with van der Waals surface area (Å²) in [6, 6.07) is 7.97. The first kappa shape index (κ1) is 12.4. The maximum atomic E-state index is 12.5. The van der Waals surface area contributed by atoms with Gasteiger partial charge in [-0.05, 0) is 13.0 Å². The molecule has 2 aromatic rings. The van der Waals surface area contributed by atoms with E-state index in [1.54, 1.807) is 0 Å². The Kier molecular flexibility index (Phi) is 3.36. The van der Waals surface area contributed by atoms with Gasteiger partial charge >= 0.3 is 0 Å². The zero-order chi connectivity index (χ0) is 13.2. The minimum atomic E-state index is 0.192. The molecule has 1 aliphatic rings. The van der Waals surface area contributed by atoms with Crippen LogP contribution in [0.1, 0.15) is 16.1 Å². The third-order valence-corrected chi connectivity index (χ3v) is 3.64. The highest BCUT2D eigenvalue weighted by atomic mass is 16.5. The van der Waals surface area contributed by atoms with Crippen molar-refractivity contribution in [2.24, 2.45) is 0 Å². The van der Waals surface area contributed by atoms with Crippen LogP contribution >= 0.6 is 0 Å². The van der Waals surface area contributed by atoms with Crippen LogP contribution in [0, 0.1) is 6.92 Å². The van der Waals surface area contributed by atoms with Gasteiger partial charge in [-0.1, -0.05) is 18.2 Å². The zero-order valence-electron chi connectivity index (χ0n) is 11.1. The molecule has 19 heavy (non-hydrogen) atoms. The number of H-pyrrole nitrogens is 1. The van der Waals surface area contributed by atoms with E-state index >= 15 is 0 Å². The number of aromatic amines is 1. The van der Waals surface area contributed by atoms with Crippen LogP contribution in [0.25, 0.3) is 10.9 Å². The van der Waals surface area contributed by atoms with Crippen LogP contribution < -0.4 is 0 Å². The third kappa shape index (κ3) is 2.41. The first-order chi connectivity index (χ1) is 9.25. The van der Waals surface area contributed by atoms with E-state index in [1.165, 1.54) is 0 Å². The lowest BCUT2D eigenvalue weighted by molar-refractivity contribution is 0.0371. The maximum absolute atomic E-state index is 12.5. The van der Waals surface area contributed by atoms with Crippen molar-refractivity contribution in [2.75, 3.05) is 32.8 Å². The fourth-order valence-corrected chi connectivity index (χ4v) is 2.68. The molecule has 0 atom stereocenters. The van der Waals surface area contributed by atoms with Gasteiger partial charge in [0.15, 0.2) is 5.78 Å². The minimum Gasteiger partial charge on any atom is -0.379 e. The van der Waals surface area contributed by atoms with Crippen LogP contribution in [-0.2, 0) is 4.74 Å². The second kappa shape index (κ2) is 5.15. The third-order valence-electron chi connectivity index (χ3n) is 3.64. The van der Waals surface area contributed by atoms with Gasteiger partial charge in [-0.25, -0.2) is 0 Å². The van der Waals surface area contributed by atoms with Crippen molar-refractivity contribution in [1.82, 2.24) is 9.88 Å². The van der Waals surface area contributed by atoms with Crippen molar-refractivity contribution in [1.29, 1.82) is 0 Å². The lowest BCUT2D eigenvalue weighted by Crippen LogP contribution is -2.39. The molecule has 0 unspecified atom stereocenters. The molecule has 0 saturated carbocycles. The van der Waals surface area contributed by atoms with Gasteiger partial charge in [0, 0.05) is 35.2 Å². The number of nitrogens with zero attached hydrogens (tertiary/aromatic N) is 1. The zero-order valence-corrected chi connectivity index (χ0v) is 11.1. The van der Waals surface area contributed by atoms with E-state index in [0.717, 1.165) is 48.5 Å². The van der Waals surface area contributed by atoms with E-state index in [0.29, 0.717) is 6.54 Å². The number of aromatic nitrogens is 1. The Morgan fingerprint density at radius 3 is 2.84 bits per heavy atom. The molecular formula is C15H18N2O2. The number of ketones is 1. The Bertz CT molecular complexity index is 597. The van der Waals surface area contributed by atoms with Crippen LogP contribution in [-0.4, -0.2) is 48.5 Å². The summed E-state index contributed by atoms with van der Waals surface area (Å²) >= 11 is 0. The van der Waals surface area contributed by atoms with Gasteiger partial charge in [0.05, 0.1) is 19.8 Å². The highest BCUT2D eigenvalue weighted by Gasteiger charge is 2.19. The van der Waals surface area contributed by atoms with E-state index in [1.807, 2.05) is 31.2 Å². The molecule has 3 rings (SSSR count). The number of rotatable bonds is 3. The van der Waals surface area contributed by atoms with Crippen LogP contribution in [0.2, 0.25) is 0 Å². The van der Waals surface area contributed by atoms with E-state index < -0.39 is 0 Å². The molecule has 0 spiro atoms. The molecule has 1 aromatic carbocycles. The Morgan fingerprint density at radius 1 is 1.32 bits per heavy atom. The Hall–Kier alpha value is -1.65. The van der Waals surface area contributed by atoms with E-state index in [4.69, 9.17) is 4.74 Å². The van der Waals surface area contributed by atoms with Gasteiger partial charge in [-0.3, -0.25) is 9.69 Å². The number of carbonyl (C=O) groups excluding carboxylic acids is 1. The highest BCUT2D eigenvalue weighted by molar-refractivity contribution is 6.10.